The van der Waals surface area contributed by atoms with E-state index in [2.05, 4.69) is 72.8 Å². The first-order valence-corrected chi connectivity index (χ1v) is 15.0. The summed E-state index contributed by atoms with van der Waals surface area (Å²) < 4.78 is 22.4. The lowest BCUT2D eigenvalue weighted by molar-refractivity contribution is 0.0463. The van der Waals surface area contributed by atoms with Crippen molar-refractivity contribution in [1.29, 1.82) is 0 Å². The van der Waals surface area contributed by atoms with E-state index >= 15 is 0 Å². The first kappa shape index (κ1) is 30.9. The smallest absolute Gasteiger partial charge is 0.122 e. The Labute approximate surface area is 259 Å². The zero-order valence-corrected chi connectivity index (χ0v) is 25.3. The van der Waals surface area contributed by atoms with Gasteiger partial charge >= 0.3 is 0 Å². The summed E-state index contributed by atoms with van der Waals surface area (Å²) in [6.45, 7) is 4.32. The van der Waals surface area contributed by atoms with Crippen LogP contribution in [0.2, 0.25) is 0 Å². The number of fused-ring (bicyclic) bond motifs is 2. The van der Waals surface area contributed by atoms with E-state index in [1.807, 2.05) is 38.1 Å². The largest absolute Gasteiger partial charge is 0.499 e. The molecule has 0 radical (unpaired) electrons. The summed E-state index contributed by atoms with van der Waals surface area (Å²) in [6, 6.07) is 33.6. The second-order valence-corrected chi connectivity index (χ2v) is 10.8. The van der Waals surface area contributed by atoms with E-state index in [-0.39, 0.29) is 26.4 Å². The average molecular weight is 593 g/mol. The lowest BCUT2D eigenvalue weighted by atomic mass is 9.60. The van der Waals surface area contributed by atoms with Gasteiger partial charge in [0.1, 0.15) is 50.1 Å². The molecule has 4 aromatic rings. The van der Waals surface area contributed by atoms with Crippen molar-refractivity contribution in [3.63, 3.8) is 0 Å². The van der Waals surface area contributed by atoms with Crippen LogP contribution in [0.1, 0.15) is 47.2 Å². The van der Waals surface area contributed by atoms with Crippen LogP contribution < -0.4 is 9.47 Å². The molecule has 0 saturated heterocycles. The Morgan fingerprint density at radius 3 is 1.41 bits per heavy atom. The maximum Gasteiger partial charge on any atom is 0.122 e. The highest BCUT2D eigenvalue weighted by Gasteiger charge is 2.43. The molecular weight excluding hydrogens is 552 g/mol. The minimum atomic E-state index is -0.739. The number of rotatable bonds is 14. The highest BCUT2D eigenvalue weighted by atomic mass is 16.5. The topological polar surface area (TPSA) is 77.4 Å². The third kappa shape index (κ3) is 6.83. The quantitative estimate of drug-likeness (QED) is 0.142. The van der Waals surface area contributed by atoms with Crippen LogP contribution in [0.4, 0.5) is 0 Å². The van der Waals surface area contributed by atoms with E-state index in [0.29, 0.717) is 11.5 Å². The Morgan fingerprint density at radius 1 is 0.591 bits per heavy atom. The first-order chi connectivity index (χ1) is 21.6. The zero-order valence-electron chi connectivity index (χ0n) is 25.3. The molecule has 0 bridgehead atoms. The van der Waals surface area contributed by atoms with Gasteiger partial charge in [0, 0.05) is 0 Å². The fourth-order valence-electron chi connectivity index (χ4n) is 5.83. The molecule has 0 fully saturated rings. The molecular formula is C38H40O6. The minimum absolute atomic E-state index is 0.130. The van der Waals surface area contributed by atoms with Crippen LogP contribution in [0.3, 0.4) is 0 Å². The summed E-state index contributed by atoms with van der Waals surface area (Å²) in [7, 11) is 0. The van der Waals surface area contributed by atoms with Crippen LogP contribution in [0, 0.1) is 0 Å². The van der Waals surface area contributed by atoms with E-state index in [4.69, 9.17) is 18.9 Å². The molecule has 228 valence electrons. The third-order valence-electron chi connectivity index (χ3n) is 7.72. The normalized spacial score (nSPS) is 14.9. The predicted molar refractivity (Wildman–Crippen MR) is 172 cm³/mol. The second kappa shape index (κ2) is 14.8. The summed E-state index contributed by atoms with van der Waals surface area (Å²) in [4.78, 5) is 0. The van der Waals surface area contributed by atoms with Crippen LogP contribution in [0.5, 0.6) is 11.5 Å². The molecule has 0 aromatic heterocycles. The summed E-state index contributed by atoms with van der Waals surface area (Å²) in [5, 5.41) is 20.5. The third-order valence-corrected chi connectivity index (χ3v) is 7.72. The molecule has 0 spiro atoms. The van der Waals surface area contributed by atoms with Gasteiger partial charge in [0.2, 0.25) is 0 Å². The van der Waals surface area contributed by atoms with Crippen LogP contribution in [-0.4, -0.2) is 48.8 Å². The van der Waals surface area contributed by atoms with Crippen molar-refractivity contribution < 1.29 is 29.2 Å². The summed E-state index contributed by atoms with van der Waals surface area (Å²) in [5.41, 5.74) is 6.64. The van der Waals surface area contributed by atoms with Gasteiger partial charge in [-0.2, -0.15) is 0 Å². The fraction of sp³-hybridized carbons (Fsp3) is 0.263. The maximum absolute atomic E-state index is 10.2. The van der Waals surface area contributed by atoms with Crippen molar-refractivity contribution in [2.24, 2.45) is 0 Å². The zero-order chi connectivity index (χ0) is 30.8. The van der Waals surface area contributed by atoms with Crippen molar-refractivity contribution in [3.8, 4) is 11.5 Å². The molecule has 0 amide bonds. The van der Waals surface area contributed by atoms with E-state index < -0.39 is 17.6 Å². The summed E-state index contributed by atoms with van der Waals surface area (Å²) in [5.74, 6) is 1.35. The van der Waals surface area contributed by atoms with Gasteiger partial charge in [-0.05, 0) is 77.9 Å². The molecule has 5 rings (SSSR count). The minimum Gasteiger partial charge on any atom is -0.499 e. The number of aliphatic hydroxyl groups is 2. The second-order valence-electron chi connectivity index (χ2n) is 10.8. The van der Waals surface area contributed by atoms with Gasteiger partial charge < -0.3 is 29.2 Å². The Hall–Kier alpha value is -4.52. The first-order valence-electron chi connectivity index (χ1n) is 15.0. The van der Waals surface area contributed by atoms with E-state index in [0.717, 1.165) is 17.5 Å². The van der Waals surface area contributed by atoms with Gasteiger partial charge in [0.05, 0.1) is 17.9 Å². The van der Waals surface area contributed by atoms with Crippen LogP contribution in [-0.2, 0) is 21.3 Å². The molecule has 6 heteroatoms. The van der Waals surface area contributed by atoms with Crippen molar-refractivity contribution >= 4 is 0 Å². The number of aliphatic hydroxyl groups excluding tert-OH is 2. The number of allylic oxidation sites excluding steroid dienone is 2. The number of hydrogen-bond acceptors (Lipinski definition) is 6. The van der Waals surface area contributed by atoms with E-state index in [1.54, 1.807) is 24.7 Å². The molecule has 4 aromatic carbocycles. The Kier molecular flexibility index (Phi) is 10.4. The van der Waals surface area contributed by atoms with Crippen molar-refractivity contribution in [3.05, 3.63) is 155 Å². The summed E-state index contributed by atoms with van der Waals surface area (Å²) >= 11 is 0. The van der Waals surface area contributed by atoms with Gasteiger partial charge in [-0.3, -0.25) is 0 Å². The predicted octanol–water partition coefficient (Wildman–Crippen LogP) is 6.55. The lowest BCUT2D eigenvalue weighted by Crippen LogP contribution is -2.36. The van der Waals surface area contributed by atoms with E-state index in [9.17, 15) is 10.2 Å². The van der Waals surface area contributed by atoms with Gasteiger partial charge in [-0.25, -0.2) is 0 Å². The molecule has 6 nitrogen and oxygen atoms in total. The van der Waals surface area contributed by atoms with E-state index in [1.165, 1.54) is 22.3 Å². The highest BCUT2D eigenvalue weighted by Crippen LogP contribution is 2.51. The van der Waals surface area contributed by atoms with Gasteiger partial charge in [-0.15, -0.1) is 0 Å². The lowest BCUT2D eigenvalue weighted by Gasteiger charge is -2.42. The Balaban J connectivity index is 1.49. The van der Waals surface area contributed by atoms with Crippen LogP contribution in [0.25, 0.3) is 0 Å². The monoisotopic (exact) mass is 592 g/mol. The molecule has 0 heterocycles. The standard InChI is InChI=1S/C38H40O6/c1-3-21-41-24-32(39)26-43-34-17-13-30(14-18-34)38(31-15-19-35(20-16-31)44-27-33(40)25-42-22-4-2)36-11-7-5-9-28(36)23-29-10-6-8-12-37(29)38/h3-22,32-33,39-40H,23-27H2,1-2H3. The Morgan fingerprint density at radius 2 is 1.00 bits per heavy atom. The molecule has 1 aliphatic carbocycles. The maximum atomic E-state index is 10.2. The van der Waals surface area contributed by atoms with Gasteiger partial charge in [-0.1, -0.05) is 84.9 Å². The average Bonchev–Trinajstić information content (AvgIpc) is 3.06. The van der Waals surface area contributed by atoms with Crippen molar-refractivity contribution in [2.45, 2.75) is 37.9 Å². The van der Waals surface area contributed by atoms with Crippen molar-refractivity contribution in [2.75, 3.05) is 26.4 Å². The van der Waals surface area contributed by atoms with Gasteiger partial charge in [0.25, 0.3) is 0 Å². The molecule has 1 aliphatic rings. The van der Waals surface area contributed by atoms with Crippen LogP contribution in [0.15, 0.2) is 122 Å². The Bertz CT molecular complexity index is 1420. The summed E-state index contributed by atoms with van der Waals surface area (Å²) in [6.07, 6.45) is 6.04. The van der Waals surface area contributed by atoms with Crippen molar-refractivity contribution in [1.82, 2.24) is 0 Å². The fourth-order valence-corrected chi connectivity index (χ4v) is 5.83. The highest BCUT2D eigenvalue weighted by molar-refractivity contribution is 5.67. The molecule has 2 atom stereocenters. The number of benzene rings is 4. The molecule has 2 N–H and O–H groups in total. The SMILES string of the molecule is CC=COCC(O)COc1ccc(C2(c3ccc(OCC(O)COC=CC)cc3)c3ccccc3Cc3ccccc32)cc1. The van der Waals surface area contributed by atoms with Gasteiger partial charge in [0.15, 0.2) is 0 Å². The molecule has 2 unspecified atom stereocenters. The van der Waals surface area contributed by atoms with Crippen LogP contribution >= 0.6 is 0 Å². The molecule has 0 saturated carbocycles. The molecule has 0 aliphatic heterocycles. The molecule has 44 heavy (non-hydrogen) atoms. The number of hydrogen-bond donors (Lipinski definition) is 2. The number of ether oxygens (including phenoxy) is 4.